The Bertz CT molecular complexity index is 2000. The van der Waals surface area contributed by atoms with Gasteiger partial charge in [-0.25, -0.2) is 4.39 Å². The number of piperidine rings is 1. The summed E-state index contributed by atoms with van der Waals surface area (Å²) in [6, 6.07) is 11.9. The Balaban J connectivity index is 0.737. The summed E-state index contributed by atoms with van der Waals surface area (Å²) < 4.78 is 14.1. The summed E-state index contributed by atoms with van der Waals surface area (Å²) in [6.07, 6.45) is 5.69. The molecule has 3 saturated heterocycles. The molecule has 3 aromatic rings. The highest BCUT2D eigenvalue weighted by molar-refractivity contribution is 6.05. The Morgan fingerprint density at radius 1 is 0.873 bits per heavy atom. The summed E-state index contributed by atoms with van der Waals surface area (Å²) in [7, 11) is 0. The molecule has 2 unspecified atom stereocenters. The smallest absolute Gasteiger partial charge is 0.255 e. The molecule has 55 heavy (non-hydrogen) atoms. The van der Waals surface area contributed by atoms with Crippen LogP contribution in [0.4, 0.5) is 21.6 Å². The minimum Gasteiger partial charge on any atom is -0.504 e. The maximum atomic E-state index is 14.1. The first-order valence-corrected chi connectivity index (χ1v) is 20.0. The number of hydrogen-bond donors (Lipinski definition) is 3. The van der Waals surface area contributed by atoms with E-state index in [1.165, 1.54) is 31.7 Å². The van der Waals surface area contributed by atoms with E-state index in [4.69, 9.17) is 0 Å². The number of piperazine rings is 2. The van der Waals surface area contributed by atoms with Crippen LogP contribution in [0, 0.1) is 17.7 Å². The maximum Gasteiger partial charge on any atom is 0.255 e. The highest BCUT2D eigenvalue weighted by Crippen LogP contribution is 2.41. The number of nitrogens with one attached hydrogen (secondary N) is 2. The fraction of sp³-hybridized carbons (Fsp3) is 0.537. The van der Waals surface area contributed by atoms with Crippen LogP contribution in [0.5, 0.6) is 5.75 Å². The number of phenolic OH excluding ortho intramolecular Hbond substituents is 1. The van der Waals surface area contributed by atoms with E-state index >= 15 is 0 Å². The number of halogens is 1. The quantitative estimate of drug-likeness (QED) is 0.305. The number of amides is 3. The van der Waals surface area contributed by atoms with Crippen molar-refractivity contribution in [3.05, 3.63) is 59.4 Å². The van der Waals surface area contributed by atoms with Gasteiger partial charge in [0.25, 0.3) is 5.91 Å². The molecule has 3 N–H and O–H groups in total. The molecule has 5 aliphatic heterocycles. The van der Waals surface area contributed by atoms with E-state index in [0.717, 1.165) is 94.1 Å². The molecule has 1 aromatic heterocycles. The lowest BCUT2D eigenvalue weighted by Crippen LogP contribution is -2.66. The maximum absolute atomic E-state index is 14.1. The van der Waals surface area contributed by atoms with Gasteiger partial charge >= 0.3 is 0 Å². The lowest BCUT2D eigenvalue weighted by atomic mass is 9.81. The summed E-state index contributed by atoms with van der Waals surface area (Å²) in [5.74, 6) is 0.310. The normalized spacial score (nSPS) is 27.3. The first-order valence-electron chi connectivity index (χ1n) is 20.0. The molecule has 1 saturated carbocycles. The SMILES string of the molecule is CC12CNc3nnc(-c4cccc(F)c4O)cc3N1CCN(CC1CCC(CN3CCN(c4ccc5c(c4)C(=O)N(C4CCC(=O)NC4=O)C5)CC3)CC1)C2. The molecule has 13 nitrogen and oxygen atoms in total. The summed E-state index contributed by atoms with van der Waals surface area (Å²) >= 11 is 0. The lowest BCUT2D eigenvalue weighted by Gasteiger charge is -2.53. The van der Waals surface area contributed by atoms with Crippen molar-refractivity contribution in [1.29, 1.82) is 0 Å². The molecule has 4 fully saturated rings. The minimum atomic E-state index is -0.669. The zero-order chi connectivity index (χ0) is 37.8. The zero-order valence-corrected chi connectivity index (χ0v) is 31.5. The summed E-state index contributed by atoms with van der Waals surface area (Å²) in [5.41, 5.74) is 4.30. The van der Waals surface area contributed by atoms with Crippen molar-refractivity contribution in [2.24, 2.45) is 11.8 Å². The van der Waals surface area contributed by atoms with Crippen LogP contribution in [0.15, 0.2) is 42.5 Å². The van der Waals surface area contributed by atoms with Crippen molar-refractivity contribution >= 4 is 34.9 Å². The van der Waals surface area contributed by atoms with E-state index < -0.39 is 17.6 Å². The Kier molecular flexibility index (Phi) is 9.36. The third-order valence-corrected chi connectivity index (χ3v) is 13.1. The summed E-state index contributed by atoms with van der Waals surface area (Å²) in [4.78, 5) is 49.1. The molecule has 6 aliphatic rings. The fourth-order valence-electron chi connectivity index (χ4n) is 9.97. The van der Waals surface area contributed by atoms with Crippen LogP contribution in [-0.2, 0) is 16.1 Å². The second-order valence-corrected chi connectivity index (χ2v) is 16.8. The third-order valence-electron chi connectivity index (χ3n) is 13.1. The standard InChI is InChI=1S/C41H50FN9O4/c1-41-24-43-38-35(20-33(45-46-38)30-3-2-4-32(42)37(30)53)51(41)18-15-48(25-41)22-27-7-5-26(6-8-27)21-47-13-16-49(17-14-47)29-10-9-28-23-50(40(55)31(28)19-29)34-11-12-36(52)44-39(34)54/h2-4,9-10,19-20,26-27,34,53H,5-8,11-18,21-25H2,1H3,(H,43,46)(H,44,52,54). The van der Waals surface area contributed by atoms with Gasteiger partial charge in [0.2, 0.25) is 11.8 Å². The number of anilines is 3. The molecule has 0 bridgehead atoms. The largest absolute Gasteiger partial charge is 0.504 e. The van der Waals surface area contributed by atoms with Crippen molar-refractivity contribution in [3.8, 4) is 17.0 Å². The summed E-state index contributed by atoms with van der Waals surface area (Å²) in [6.45, 7) is 12.4. The number of aromatic nitrogens is 2. The van der Waals surface area contributed by atoms with Crippen LogP contribution in [0.25, 0.3) is 11.3 Å². The topological polar surface area (TPSA) is 137 Å². The van der Waals surface area contributed by atoms with E-state index in [0.29, 0.717) is 35.7 Å². The number of nitrogens with zero attached hydrogens (tertiary/aromatic N) is 7. The predicted molar refractivity (Wildman–Crippen MR) is 206 cm³/mol. The first kappa shape index (κ1) is 35.9. The molecule has 2 atom stereocenters. The summed E-state index contributed by atoms with van der Waals surface area (Å²) in [5, 5.41) is 24.9. The van der Waals surface area contributed by atoms with Gasteiger partial charge in [-0.2, -0.15) is 0 Å². The number of aromatic hydroxyl groups is 1. The van der Waals surface area contributed by atoms with E-state index in [1.54, 1.807) is 17.0 Å². The van der Waals surface area contributed by atoms with Gasteiger partial charge in [-0.1, -0.05) is 12.1 Å². The molecule has 3 amide bonds. The fourth-order valence-corrected chi connectivity index (χ4v) is 9.97. The van der Waals surface area contributed by atoms with E-state index in [9.17, 15) is 23.9 Å². The van der Waals surface area contributed by atoms with Crippen molar-refractivity contribution in [2.45, 2.75) is 63.6 Å². The van der Waals surface area contributed by atoms with Crippen LogP contribution in [0.2, 0.25) is 0 Å². The Hall–Kier alpha value is -4.82. The predicted octanol–water partition coefficient (Wildman–Crippen LogP) is 3.68. The number of benzene rings is 2. The second-order valence-electron chi connectivity index (χ2n) is 16.8. The van der Waals surface area contributed by atoms with Gasteiger partial charge in [-0.3, -0.25) is 29.5 Å². The molecular weight excluding hydrogens is 702 g/mol. The Labute approximate surface area is 320 Å². The number of phenols is 1. The van der Waals surface area contributed by atoms with Gasteiger partial charge in [0.1, 0.15) is 6.04 Å². The number of rotatable bonds is 7. The number of para-hydroxylation sites is 1. The Morgan fingerprint density at radius 2 is 1.62 bits per heavy atom. The minimum absolute atomic E-state index is 0.121. The average Bonchev–Trinajstić information content (AvgIpc) is 3.51. The third kappa shape index (κ3) is 6.88. The van der Waals surface area contributed by atoms with Gasteiger partial charge in [0.05, 0.1) is 16.9 Å². The monoisotopic (exact) mass is 751 g/mol. The average molecular weight is 752 g/mol. The molecule has 14 heteroatoms. The first-order chi connectivity index (χ1) is 26.6. The number of hydrogen-bond acceptors (Lipinski definition) is 11. The highest BCUT2D eigenvalue weighted by Gasteiger charge is 2.43. The molecule has 2 aromatic carbocycles. The van der Waals surface area contributed by atoms with Crippen molar-refractivity contribution < 1.29 is 23.9 Å². The van der Waals surface area contributed by atoms with Crippen molar-refractivity contribution in [1.82, 2.24) is 30.2 Å². The molecular formula is C41H50FN9O4. The highest BCUT2D eigenvalue weighted by atomic mass is 19.1. The van der Waals surface area contributed by atoms with Gasteiger partial charge < -0.3 is 25.1 Å². The van der Waals surface area contributed by atoms with E-state index in [1.807, 2.05) is 18.2 Å². The van der Waals surface area contributed by atoms with Gasteiger partial charge in [-0.15, -0.1) is 10.2 Å². The number of carbonyl (C=O) groups excluding carboxylic acids is 3. The molecule has 9 rings (SSSR count). The number of fused-ring (bicyclic) bond motifs is 4. The van der Waals surface area contributed by atoms with E-state index in [2.05, 4.69) is 53.4 Å². The Morgan fingerprint density at radius 3 is 2.38 bits per heavy atom. The molecule has 0 radical (unpaired) electrons. The number of carbonyl (C=O) groups is 3. The van der Waals surface area contributed by atoms with Gasteiger partial charge in [0, 0.05) is 95.2 Å². The molecule has 0 spiro atoms. The van der Waals surface area contributed by atoms with Crippen LogP contribution in [-0.4, -0.2) is 125 Å². The number of imide groups is 1. The van der Waals surface area contributed by atoms with Crippen molar-refractivity contribution in [3.63, 3.8) is 0 Å². The second kappa shape index (κ2) is 14.4. The van der Waals surface area contributed by atoms with Gasteiger partial charge in [0.15, 0.2) is 17.4 Å². The van der Waals surface area contributed by atoms with Crippen LogP contribution in [0.1, 0.15) is 61.4 Å². The van der Waals surface area contributed by atoms with Crippen LogP contribution in [0.3, 0.4) is 0 Å². The van der Waals surface area contributed by atoms with Crippen LogP contribution < -0.4 is 20.4 Å². The zero-order valence-electron chi connectivity index (χ0n) is 31.5. The lowest BCUT2D eigenvalue weighted by molar-refractivity contribution is -0.136. The van der Waals surface area contributed by atoms with Crippen molar-refractivity contribution in [2.75, 3.05) is 80.6 Å². The van der Waals surface area contributed by atoms with Gasteiger partial charge in [-0.05, 0) is 86.8 Å². The molecule has 6 heterocycles. The molecule has 290 valence electrons. The van der Waals surface area contributed by atoms with E-state index in [-0.39, 0.29) is 29.7 Å². The molecule has 1 aliphatic carbocycles. The van der Waals surface area contributed by atoms with Crippen LogP contribution >= 0.6 is 0 Å².